The number of nitrogens with one attached hydrogen (secondary N) is 1. The second-order valence-corrected chi connectivity index (χ2v) is 6.91. The molecule has 1 atom stereocenters. The zero-order chi connectivity index (χ0) is 17.9. The molecule has 3 aromatic rings. The van der Waals surface area contributed by atoms with Crippen LogP contribution in [-0.2, 0) is 4.74 Å². The van der Waals surface area contributed by atoms with E-state index in [0.717, 1.165) is 30.0 Å². The lowest BCUT2D eigenvalue weighted by molar-refractivity contribution is 0.103. The zero-order valence-electron chi connectivity index (χ0n) is 14.1. The topological polar surface area (TPSA) is 91.2 Å². The normalized spacial score (nSPS) is 16.6. The number of carbonyl (C=O) groups is 1. The summed E-state index contributed by atoms with van der Waals surface area (Å²) < 4.78 is 12.6. The number of tetrazole rings is 1. The fraction of sp³-hybridized carbons (Fsp3) is 0.294. The number of benzene rings is 1. The first kappa shape index (κ1) is 16.7. The van der Waals surface area contributed by atoms with E-state index < -0.39 is 0 Å². The Morgan fingerprint density at radius 1 is 1.38 bits per heavy atom. The van der Waals surface area contributed by atoms with E-state index in [1.807, 2.05) is 12.1 Å². The van der Waals surface area contributed by atoms with Gasteiger partial charge in [-0.1, -0.05) is 0 Å². The van der Waals surface area contributed by atoms with Gasteiger partial charge in [0.1, 0.15) is 12.1 Å². The maximum atomic E-state index is 12.6. The third-order valence-corrected chi connectivity index (χ3v) is 5.32. The van der Waals surface area contributed by atoms with Crippen LogP contribution in [0.3, 0.4) is 0 Å². The second-order valence-electron chi connectivity index (χ2n) is 5.80. The van der Waals surface area contributed by atoms with Gasteiger partial charge in [0.15, 0.2) is 0 Å². The number of thiophene rings is 1. The van der Waals surface area contributed by atoms with E-state index in [1.54, 1.807) is 25.3 Å². The maximum Gasteiger partial charge on any atom is 0.265 e. The van der Waals surface area contributed by atoms with Crippen LogP contribution in [-0.4, -0.2) is 39.8 Å². The summed E-state index contributed by atoms with van der Waals surface area (Å²) >= 11 is 1.46. The van der Waals surface area contributed by atoms with Crippen molar-refractivity contribution in [1.82, 2.24) is 20.2 Å². The molecule has 0 saturated carbocycles. The molecule has 0 radical (unpaired) electrons. The monoisotopic (exact) mass is 371 g/mol. The molecule has 0 aliphatic carbocycles. The van der Waals surface area contributed by atoms with E-state index in [1.165, 1.54) is 22.3 Å². The van der Waals surface area contributed by atoms with Gasteiger partial charge in [-0.25, -0.2) is 4.68 Å². The molecule has 26 heavy (non-hydrogen) atoms. The standard InChI is InChI=1S/C17H17N5O3S/c1-24-14-9-11(22-10-18-20-21-22)4-5-12(14)19-17(23)16-7-6-15(26-16)13-3-2-8-25-13/h4-7,9-10,13H,2-3,8H2,1H3,(H,19,23). The van der Waals surface area contributed by atoms with Crippen LogP contribution in [0.25, 0.3) is 5.69 Å². The van der Waals surface area contributed by atoms with E-state index in [0.29, 0.717) is 16.3 Å². The Morgan fingerprint density at radius 2 is 2.31 bits per heavy atom. The van der Waals surface area contributed by atoms with E-state index in [4.69, 9.17) is 9.47 Å². The minimum atomic E-state index is -0.173. The number of amides is 1. The Bertz CT molecular complexity index is 903. The number of hydrogen-bond acceptors (Lipinski definition) is 7. The van der Waals surface area contributed by atoms with Gasteiger partial charge in [-0.2, -0.15) is 0 Å². The molecule has 4 rings (SSSR count). The van der Waals surface area contributed by atoms with Crippen LogP contribution in [0.2, 0.25) is 0 Å². The number of aromatic nitrogens is 4. The molecule has 3 heterocycles. The van der Waals surface area contributed by atoms with Crippen LogP contribution in [0.4, 0.5) is 5.69 Å². The van der Waals surface area contributed by atoms with Crippen molar-refractivity contribution >= 4 is 22.9 Å². The molecule has 1 aliphatic heterocycles. The molecule has 0 bridgehead atoms. The first-order valence-electron chi connectivity index (χ1n) is 8.18. The number of anilines is 1. The minimum Gasteiger partial charge on any atom is -0.494 e. The summed E-state index contributed by atoms with van der Waals surface area (Å²) in [4.78, 5) is 14.3. The lowest BCUT2D eigenvalue weighted by atomic mass is 10.2. The van der Waals surface area contributed by atoms with Crippen LogP contribution in [0.15, 0.2) is 36.7 Å². The lowest BCUT2D eigenvalue weighted by Gasteiger charge is -2.11. The number of methoxy groups -OCH3 is 1. The third-order valence-electron chi connectivity index (χ3n) is 4.14. The van der Waals surface area contributed by atoms with Crippen LogP contribution < -0.4 is 10.1 Å². The minimum absolute atomic E-state index is 0.117. The summed E-state index contributed by atoms with van der Waals surface area (Å²) in [6.45, 7) is 0.787. The smallest absolute Gasteiger partial charge is 0.265 e. The molecule has 1 N–H and O–H groups in total. The Hall–Kier alpha value is -2.78. The number of nitrogens with zero attached hydrogens (tertiary/aromatic N) is 4. The van der Waals surface area contributed by atoms with Crippen LogP contribution in [0.1, 0.15) is 33.5 Å². The van der Waals surface area contributed by atoms with E-state index in [-0.39, 0.29) is 12.0 Å². The molecule has 1 fully saturated rings. The predicted octanol–water partition coefficient (Wildman–Crippen LogP) is 2.84. The Balaban J connectivity index is 1.52. The highest BCUT2D eigenvalue weighted by Crippen LogP contribution is 2.34. The lowest BCUT2D eigenvalue weighted by Crippen LogP contribution is -2.11. The third kappa shape index (κ3) is 3.31. The largest absolute Gasteiger partial charge is 0.494 e. The molecule has 9 heteroatoms. The first-order chi connectivity index (χ1) is 12.7. The number of ether oxygens (including phenoxy) is 2. The Morgan fingerprint density at radius 3 is 3.04 bits per heavy atom. The van der Waals surface area contributed by atoms with Crippen molar-refractivity contribution in [2.45, 2.75) is 18.9 Å². The van der Waals surface area contributed by atoms with Gasteiger partial charge in [0.2, 0.25) is 0 Å². The predicted molar refractivity (Wildman–Crippen MR) is 95.9 cm³/mol. The highest BCUT2D eigenvalue weighted by molar-refractivity contribution is 7.14. The highest BCUT2D eigenvalue weighted by atomic mass is 32.1. The summed E-state index contributed by atoms with van der Waals surface area (Å²) in [5.74, 6) is 0.356. The molecule has 1 amide bonds. The van der Waals surface area contributed by atoms with E-state index in [2.05, 4.69) is 20.8 Å². The van der Waals surface area contributed by atoms with Gasteiger partial charge in [0.05, 0.1) is 29.5 Å². The first-order valence-corrected chi connectivity index (χ1v) is 9.00. The SMILES string of the molecule is COc1cc(-n2cnnn2)ccc1NC(=O)c1ccc(C2CCCO2)s1. The summed E-state index contributed by atoms with van der Waals surface area (Å²) in [7, 11) is 1.55. The van der Waals surface area contributed by atoms with Gasteiger partial charge in [-0.3, -0.25) is 4.79 Å². The average molecular weight is 371 g/mol. The summed E-state index contributed by atoms with van der Waals surface area (Å²) in [5.41, 5.74) is 1.32. The molecular weight excluding hydrogens is 354 g/mol. The Labute approximate surface area is 153 Å². The molecule has 8 nitrogen and oxygen atoms in total. The van der Waals surface area contributed by atoms with Crippen molar-refractivity contribution in [3.05, 3.63) is 46.4 Å². The van der Waals surface area contributed by atoms with Crippen molar-refractivity contribution in [3.63, 3.8) is 0 Å². The van der Waals surface area contributed by atoms with Gasteiger partial charge >= 0.3 is 0 Å². The molecule has 134 valence electrons. The van der Waals surface area contributed by atoms with Crippen LogP contribution in [0, 0.1) is 0 Å². The van der Waals surface area contributed by atoms with Gasteiger partial charge < -0.3 is 14.8 Å². The molecule has 0 spiro atoms. The quantitative estimate of drug-likeness (QED) is 0.742. The fourth-order valence-corrected chi connectivity index (χ4v) is 3.83. The van der Waals surface area contributed by atoms with Gasteiger partial charge in [0, 0.05) is 17.6 Å². The molecule has 1 aromatic carbocycles. The van der Waals surface area contributed by atoms with Gasteiger partial charge in [-0.15, -0.1) is 16.4 Å². The molecule has 1 saturated heterocycles. The Kier molecular flexibility index (Phi) is 4.63. The summed E-state index contributed by atoms with van der Waals surface area (Å²) in [5, 5.41) is 14.0. The molecular formula is C17H17N5O3S. The number of rotatable bonds is 5. The molecule has 1 aliphatic rings. The van der Waals surface area contributed by atoms with Crippen molar-refractivity contribution in [2.24, 2.45) is 0 Å². The average Bonchev–Trinajstić information content (AvgIpc) is 3.43. The van der Waals surface area contributed by atoms with Crippen molar-refractivity contribution < 1.29 is 14.3 Å². The highest BCUT2D eigenvalue weighted by Gasteiger charge is 2.21. The number of carbonyl (C=O) groups excluding carboxylic acids is 1. The molecule has 1 unspecified atom stereocenters. The summed E-state index contributed by atoms with van der Waals surface area (Å²) in [6.07, 6.45) is 3.68. The van der Waals surface area contributed by atoms with E-state index in [9.17, 15) is 4.79 Å². The van der Waals surface area contributed by atoms with E-state index >= 15 is 0 Å². The zero-order valence-corrected chi connectivity index (χ0v) is 14.9. The van der Waals surface area contributed by atoms with Crippen molar-refractivity contribution in [2.75, 3.05) is 19.0 Å². The van der Waals surface area contributed by atoms with Gasteiger partial charge in [-0.05, 0) is 47.5 Å². The second kappa shape index (κ2) is 7.22. The van der Waals surface area contributed by atoms with Crippen LogP contribution in [0.5, 0.6) is 5.75 Å². The van der Waals surface area contributed by atoms with Crippen LogP contribution >= 0.6 is 11.3 Å². The molecule has 2 aromatic heterocycles. The van der Waals surface area contributed by atoms with Gasteiger partial charge in [0.25, 0.3) is 5.91 Å². The fourth-order valence-electron chi connectivity index (χ4n) is 2.84. The van der Waals surface area contributed by atoms with Crippen molar-refractivity contribution in [1.29, 1.82) is 0 Å². The maximum absolute atomic E-state index is 12.6. The summed E-state index contributed by atoms with van der Waals surface area (Å²) in [6, 6.07) is 9.13. The number of hydrogen-bond donors (Lipinski definition) is 1. The van der Waals surface area contributed by atoms with Crippen molar-refractivity contribution in [3.8, 4) is 11.4 Å².